The molecule has 0 aromatic rings. The molecule has 0 heterocycles. The van der Waals surface area contributed by atoms with Crippen molar-refractivity contribution in [2.24, 2.45) is 22.9 Å². The van der Waals surface area contributed by atoms with E-state index in [1.807, 2.05) is 0 Å². The maximum atomic E-state index is 10.3. The van der Waals surface area contributed by atoms with Crippen LogP contribution in [0.5, 0.6) is 0 Å². The summed E-state index contributed by atoms with van der Waals surface area (Å²) in [7, 11) is 0. The monoisotopic (exact) mass is 169 g/mol. The number of rotatable bonds is 5. The van der Waals surface area contributed by atoms with Gasteiger partial charge >= 0.3 is 0 Å². The molecule has 12 heavy (non-hydrogen) atoms. The first-order valence-electron chi connectivity index (χ1n) is 4.51. The van der Waals surface area contributed by atoms with Crippen molar-refractivity contribution in [3.05, 3.63) is 17.2 Å². The van der Waals surface area contributed by atoms with Gasteiger partial charge in [-0.1, -0.05) is 34.3 Å². The maximum absolute atomic E-state index is 10.3. The number of hydrogen-bond acceptors (Lipinski definition) is 2. The lowest BCUT2D eigenvalue weighted by atomic mass is 9.86. The third kappa shape index (κ3) is 3.65. The molecule has 1 atom stereocenters. The molecule has 0 amide bonds. The Kier molecular flexibility index (Phi) is 4.79. The normalized spacial score (nSPS) is 13.5. The summed E-state index contributed by atoms with van der Waals surface area (Å²) in [5, 5.41) is 2.92. The van der Waals surface area contributed by atoms with Crippen LogP contribution in [0.3, 0.4) is 0 Å². The molecule has 0 bridgehead atoms. The number of nitrogens with zero attached hydrogens (tertiary/aromatic N) is 1. The minimum Gasteiger partial charge on any atom is -0.145 e. The summed E-state index contributed by atoms with van der Waals surface area (Å²) >= 11 is 0. The van der Waals surface area contributed by atoms with Crippen LogP contribution >= 0.6 is 0 Å². The largest absolute Gasteiger partial charge is 0.145 e. The lowest BCUT2D eigenvalue weighted by Crippen LogP contribution is -2.12. The van der Waals surface area contributed by atoms with Crippen LogP contribution in [0.1, 0.15) is 34.1 Å². The molecule has 0 aliphatic rings. The van der Waals surface area contributed by atoms with Crippen LogP contribution in [0.2, 0.25) is 0 Å². The topological polar surface area (TPSA) is 29.4 Å². The van der Waals surface area contributed by atoms with Gasteiger partial charge in [-0.05, 0) is 23.4 Å². The van der Waals surface area contributed by atoms with Crippen molar-refractivity contribution in [2.75, 3.05) is 0 Å². The fourth-order valence-electron chi connectivity index (χ4n) is 1.37. The lowest BCUT2D eigenvalue weighted by molar-refractivity contribution is 0.361. The van der Waals surface area contributed by atoms with Crippen LogP contribution in [-0.4, -0.2) is 0 Å². The van der Waals surface area contributed by atoms with Gasteiger partial charge in [0.25, 0.3) is 0 Å². The fraction of sp³-hybridized carbons (Fsp3) is 0.800. The molecule has 0 fully saturated rings. The zero-order valence-electron chi connectivity index (χ0n) is 8.50. The Morgan fingerprint density at radius 3 is 2.08 bits per heavy atom. The minimum atomic E-state index is 0.252. The molecular weight excluding hydrogens is 150 g/mol. The third-order valence-electron chi connectivity index (χ3n) is 2.08. The molecule has 0 N–H and O–H groups in total. The van der Waals surface area contributed by atoms with E-state index in [4.69, 9.17) is 0 Å². The van der Waals surface area contributed by atoms with Gasteiger partial charge in [0.05, 0.1) is 5.70 Å². The van der Waals surface area contributed by atoms with Crippen molar-refractivity contribution in [1.29, 1.82) is 0 Å². The summed E-state index contributed by atoms with van der Waals surface area (Å²) < 4.78 is 0. The average molecular weight is 169 g/mol. The van der Waals surface area contributed by atoms with E-state index >= 15 is 0 Å². The highest BCUT2D eigenvalue weighted by Crippen LogP contribution is 2.26. The first-order chi connectivity index (χ1) is 5.49. The van der Waals surface area contributed by atoms with Crippen molar-refractivity contribution in [3.63, 3.8) is 0 Å². The molecule has 0 spiro atoms. The highest BCUT2D eigenvalue weighted by Gasteiger charge is 2.18. The van der Waals surface area contributed by atoms with Crippen LogP contribution in [0.4, 0.5) is 0 Å². The molecule has 0 radical (unpaired) electrons. The Balaban J connectivity index is 4.23. The predicted molar refractivity (Wildman–Crippen MR) is 52.7 cm³/mol. The molecule has 0 saturated heterocycles. The molecule has 2 heteroatoms. The van der Waals surface area contributed by atoms with Gasteiger partial charge in [0, 0.05) is 5.92 Å². The van der Waals surface area contributed by atoms with Crippen LogP contribution < -0.4 is 0 Å². The molecule has 0 aromatic carbocycles. The Morgan fingerprint density at radius 2 is 1.83 bits per heavy atom. The Hall–Kier alpha value is -0.660. The van der Waals surface area contributed by atoms with Gasteiger partial charge in [-0.25, -0.2) is 0 Å². The first-order valence-corrected chi connectivity index (χ1v) is 4.51. The van der Waals surface area contributed by atoms with Crippen molar-refractivity contribution < 1.29 is 0 Å². The Labute approximate surface area is 75.0 Å². The highest BCUT2D eigenvalue weighted by atomic mass is 16.3. The van der Waals surface area contributed by atoms with Crippen LogP contribution in [0.15, 0.2) is 17.5 Å². The molecule has 0 saturated carbocycles. The van der Waals surface area contributed by atoms with Crippen molar-refractivity contribution in [1.82, 2.24) is 0 Å². The fourth-order valence-corrected chi connectivity index (χ4v) is 1.37. The quantitative estimate of drug-likeness (QED) is 0.578. The second-order valence-electron chi connectivity index (χ2n) is 4.06. The molecule has 70 valence electrons. The summed E-state index contributed by atoms with van der Waals surface area (Å²) in [5.74, 6) is 1.30. The van der Waals surface area contributed by atoms with Gasteiger partial charge in [0.1, 0.15) is 0 Å². The van der Waals surface area contributed by atoms with Gasteiger partial charge in [-0.3, -0.25) is 0 Å². The minimum absolute atomic E-state index is 0.252. The predicted octanol–water partition coefficient (Wildman–Crippen LogP) is 3.58. The van der Waals surface area contributed by atoms with Crippen molar-refractivity contribution >= 4 is 0 Å². The highest BCUT2D eigenvalue weighted by molar-refractivity contribution is 4.99. The average Bonchev–Trinajstić information content (AvgIpc) is 1.98. The van der Waals surface area contributed by atoms with Gasteiger partial charge in [-0.2, -0.15) is 0 Å². The van der Waals surface area contributed by atoms with E-state index in [-0.39, 0.29) is 5.92 Å². The second kappa shape index (κ2) is 5.07. The number of hydrogen-bond donors (Lipinski definition) is 0. The van der Waals surface area contributed by atoms with E-state index in [0.717, 1.165) is 6.42 Å². The standard InChI is InChI=1S/C10H19NO/c1-7(2)6-10(8(3)4)9(5)11-12/h7-8,10H,5-6H2,1-4H3. The van der Waals surface area contributed by atoms with E-state index in [9.17, 15) is 4.91 Å². The zero-order chi connectivity index (χ0) is 9.72. The SMILES string of the molecule is C=C(N=O)C(CC(C)C)C(C)C. The molecule has 0 aliphatic carbocycles. The van der Waals surface area contributed by atoms with Gasteiger partial charge in [-0.15, -0.1) is 4.91 Å². The van der Waals surface area contributed by atoms with Gasteiger partial charge < -0.3 is 0 Å². The van der Waals surface area contributed by atoms with E-state index < -0.39 is 0 Å². The molecule has 1 unspecified atom stereocenters. The number of allylic oxidation sites excluding steroid dienone is 1. The second-order valence-corrected chi connectivity index (χ2v) is 4.06. The molecule has 0 rings (SSSR count). The van der Waals surface area contributed by atoms with Crippen LogP contribution in [-0.2, 0) is 0 Å². The Morgan fingerprint density at radius 1 is 1.33 bits per heavy atom. The maximum Gasteiger partial charge on any atom is 0.0810 e. The van der Waals surface area contributed by atoms with Gasteiger partial charge in [0.15, 0.2) is 0 Å². The lowest BCUT2D eigenvalue weighted by Gasteiger charge is -2.20. The molecule has 0 aliphatic heterocycles. The first kappa shape index (κ1) is 11.3. The van der Waals surface area contributed by atoms with E-state index in [2.05, 4.69) is 39.5 Å². The smallest absolute Gasteiger partial charge is 0.0810 e. The van der Waals surface area contributed by atoms with Crippen molar-refractivity contribution in [3.8, 4) is 0 Å². The summed E-state index contributed by atoms with van der Waals surface area (Å²) in [4.78, 5) is 10.3. The summed E-state index contributed by atoms with van der Waals surface area (Å²) in [6, 6.07) is 0. The van der Waals surface area contributed by atoms with Crippen LogP contribution in [0.25, 0.3) is 0 Å². The molecule has 0 aromatic heterocycles. The zero-order valence-corrected chi connectivity index (χ0v) is 8.50. The molecule has 2 nitrogen and oxygen atoms in total. The summed E-state index contributed by atoms with van der Waals surface area (Å²) in [6.07, 6.45) is 1.00. The van der Waals surface area contributed by atoms with Gasteiger partial charge in [0.2, 0.25) is 0 Å². The van der Waals surface area contributed by atoms with E-state index in [1.165, 1.54) is 0 Å². The van der Waals surface area contributed by atoms with E-state index in [1.54, 1.807) is 0 Å². The van der Waals surface area contributed by atoms with Crippen LogP contribution in [0, 0.1) is 22.7 Å². The van der Waals surface area contributed by atoms with E-state index in [0.29, 0.717) is 17.5 Å². The number of nitroso groups, excluding NO2 is 1. The van der Waals surface area contributed by atoms with Crippen molar-refractivity contribution in [2.45, 2.75) is 34.1 Å². The third-order valence-corrected chi connectivity index (χ3v) is 2.08. The Bertz CT molecular complexity index is 161. The summed E-state index contributed by atoms with van der Waals surface area (Å²) in [6.45, 7) is 12.2. The summed E-state index contributed by atoms with van der Waals surface area (Å²) in [5.41, 5.74) is 0.499. The molecular formula is C10H19NO.